The van der Waals surface area contributed by atoms with Crippen LogP contribution in [-0.4, -0.2) is 23.1 Å². The quantitative estimate of drug-likeness (QED) is 0.831. The molecule has 0 bridgehead atoms. The number of carbonyl (C=O) groups excluding carboxylic acids is 2. The summed E-state index contributed by atoms with van der Waals surface area (Å²) in [6.45, 7) is 3.49. The third-order valence-corrected chi connectivity index (χ3v) is 3.40. The Hall–Kier alpha value is -2.82. The van der Waals surface area contributed by atoms with E-state index in [1.54, 1.807) is 50.2 Å². The van der Waals surface area contributed by atoms with E-state index in [9.17, 15) is 14.7 Å². The molecule has 0 aromatic heterocycles. The van der Waals surface area contributed by atoms with Crippen molar-refractivity contribution in [3.05, 3.63) is 59.7 Å². The number of para-hydroxylation sites is 1. The lowest BCUT2D eigenvalue weighted by atomic mass is 10.1. The maximum absolute atomic E-state index is 12.2. The minimum absolute atomic E-state index is 0.0150. The largest absolute Gasteiger partial charge is 0.508 e. The zero-order valence-corrected chi connectivity index (χ0v) is 13.1. The van der Waals surface area contributed by atoms with E-state index in [2.05, 4.69) is 5.32 Å². The van der Waals surface area contributed by atoms with Gasteiger partial charge in [-0.3, -0.25) is 4.79 Å². The minimum Gasteiger partial charge on any atom is -0.508 e. The average Bonchev–Trinajstić information content (AvgIpc) is 2.55. The lowest BCUT2D eigenvalue weighted by Gasteiger charge is -2.16. The fourth-order valence-corrected chi connectivity index (χ4v) is 2.00. The van der Waals surface area contributed by atoms with Gasteiger partial charge in [-0.2, -0.15) is 0 Å². The van der Waals surface area contributed by atoms with Crippen molar-refractivity contribution in [3.63, 3.8) is 0 Å². The van der Waals surface area contributed by atoms with E-state index in [1.807, 2.05) is 6.07 Å². The minimum atomic E-state index is -0.897. The number of rotatable bonds is 5. The van der Waals surface area contributed by atoms with Gasteiger partial charge in [0.25, 0.3) is 5.91 Å². The second-order valence-electron chi connectivity index (χ2n) is 5.16. The van der Waals surface area contributed by atoms with Crippen LogP contribution in [-0.2, 0) is 9.53 Å². The summed E-state index contributed by atoms with van der Waals surface area (Å²) in [5.74, 6) is -1.01. The van der Waals surface area contributed by atoms with Crippen molar-refractivity contribution in [2.24, 2.45) is 0 Å². The first-order chi connectivity index (χ1) is 11.0. The van der Waals surface area contributed by atoms with E-state index >= 15 is 0 Å². The number of hydrogen-bond acceptors (Lipinski definition) is 4. The van der Waals surface area contributed by atoms with Crippen molar-refractivity contribution >= 4 is 17.6 Å². The zero-order valence-electron chi connectivity index (χ0n) is 13.1. The zero-order chi connectivity index (χ0) is 16.8. The summed E-state index contributed by atoms with van der Waals surface area (Å²) < 4.78 is 5.25. The number of phenolic OH excluding ortho intramolecular Hbond substituents is 1. The number of amides is 1. The van der Waals surface area contributed by atoms with Gasteiger partial charge in [0.15, 0.2) is 6.10 Å². The second kappa shape index (κ2) is 7.45. The number of phenols is 1. The number of ether oxygens (including phenoxy) is 1. The summed E-state index contributed by atoms with van der Waals surface area (Å²) in [6.07, 6.45) is -0.548. The van der Waals surface area contributed by atoms with Gasteiger partial charge in [0.05, 0.1) is 5.56 Å². The predicted octanol–water partition coefficient (Wildman–Crippen LogP) is 3.27. The number of carbonyl (C=O) groups is 2. The fraction of sp³-hybridized carbons (Fsp3) is 0.222. The summed E-state index contributed by atoms with van der Waals surface area (Å²) in [6, 6.07) is 13.5. The van der Waals surface area contributed by atoms with Crippen LogP contribution in [0, 0.1) is 6.92 Å². The molecule has 1 atom stereocenters. The fourth-order valence-electron chi connectivity index (χ4n) is 2.00. The van der Waals surface area contributed by atoms with E-state index in [0.717, 1.165) is 0 Å². The van der Waals surface area contributed by atoms with Crippen LogP contribution in [0.1, 0.15) is 29.3 Å². The molecule has 2 N–H and O–H groups in total. The molecule has 0 aliphatic carbocycles. The molecule has 0 saturated heterocycles. The number of aryl methyl sites for hydroxylation is 1. The average molecular weight is 313 g/mol. The molecule has 0 aliphatic heterocycles. The Balaban J connectivity index is 2.04. The number of benzene rings is 2. The maximum Gasteiger partial charge on any atom is 0.339 e. The molecule has 0 heterocycles. The summed E-state index contributed by atoms with van der Waals surface area (Å²) in [5.41, 5.74) is 1.51. The number of hydrogen-bond donors (Lipinski definition) is 2. The van der Waals surface area contributed by atoms with Crippen molar-refractivity contribution in [1.29, 1.82) is 0 Å². The Bertz CT molecular complexity index is 697. The molecule has 2 aromatic carbocycles. The Morgan fingerprint density at radius 2 is 1.87 bits per heavy atom. The molecule has 5 heteroatoms. The van der Waals surface area contributed by atoms with Crippen molar-refractivity contribution in [2.75, 3.05) is 5.32 Å². The Morgan fingerprint density at radius 3 is 2.48 bits per heavy atom. The monoisotopic (exact) mass is 313 g/mol. The van der Waals surface area contributed by atoms with Crippen LogP contribution >= 0.6 is 0 Å². The van der Waals surface area contributed by atoms with Gasteiger partial charge >= 0.3 is 5.97 Å². The molecule has 120 valence electrons. The van der Waals surface area contributed by atoms with Crippen LogP contribution in [0.15, 0.2) is 48.5 Å². The maximum atomic E-state index is 12.2. The van der Waals surface area contributed by atoms with Crippen molar-refractivity contribution in [3.8, 4) is 5.75 Å². The molecule has 5 nitrogen and oxygen atoms in total. The Kier molecular flexibility index (Phi) is 5.36. The van der Waals surface area contributed by atoms with Gasteiger partial charge < -0.3 is 15.2 Å². The molecule has 1 unspecified atom stereocenters. The molecule has 2 aromatic rings. The SMILES string of the molecule is CCC(OC(=O)c1ccc(C)c(O)c1)C(=O)Nc1ccccc1. The molecule has 0 aliphatic rings. The molecule has 0 saturated carbocycles. The standard InChI is InChI=1S/C18H19NO4/c1-3-16(17(21)19-14-7-5-4-6-8-14)23-18(22)13-10-9-12(2)15(20)11-13/h4-11,16,20H,3H2,1-2H3,(H,19,21). The van der Waals surface area contributed by atoms with Gasteiger partial charge in [-0.15, -0.1) is 0 Å². The Labute approximate surface area is 134 Å². The van der Waals surface area contributed by atoms with Crippen LogP contribution in [0.25, 0.3) is 0 Å². The molecular formula is C18H19NO4. The highest BCUT2D eigenvalue weighted by Gasteiger charge is 2.22. The third-order valence-electron chi connectivity index (χ3n) is 3.40. The van der Waals surface area contributed by atoms with Crippen LogP contribution in [0.4, 0.5) is 5.69 Å². The summed E-state index contributed by atoms with van der Waals surface area (Å²) in [7, 11) is 0. The molecule has 0 spiro atoms. The smallest absolute Gasteiger partial charge is 0.339 e. The van der Waals surface area contributed by atoms with Crippen LogP contribution in [0.3, 0.4) is 0 Å². The highest BCUT2D eigenvalue weighted by molar-refractivity contribution is 5.97. The highest BCUT2D eigenvalue weighted by Crippen LogP contribution is 2.19. The first-order valence-electron chi connectivity index (χ1n) is 7.37. The van der Waals surface area contributed by atoms with E-state index in [1.165, 1.54) is 6.07 Å². The lowest BCUT2D eigenvalue weighted by molar-refractivity contribution is -0.124. The topological polar surface area (TPSA) is 75.6 Å². The molecular weight excluding hydrogens is 294 g/mol. The highest BCUT2D eigenvalue weighted by atomic mass is 16.5. The van der Waals surface area contributed by atoms with Crippen molar-refractivity contribution in [2.45, 2.75) is 26.4 Å². The number of anilines is 1. The van der Waals surface area contributed by atoms with Gasteiger partial charge in [0.2, 0.25) is 0 Å². The summed E-state index contributed by atoms with van der Waals surface area (Å²) >= 11 is 0. The van der Waals surface area contributed by atoms with Crippen LogP contribution < -0.4 is 5.32 Å². The van der Waals surface area contributed by atoms with Gasteiger partial charge in [0, 0.05) is 5.69 Å². The first-order valence-corrected chi connectivity index (χ1v) is 7.37. The molecule has 23 heavy (non-hydrogen) atoms. The molecule has 0 radical (unpaired) electrons. The van der Waals surface area contributed by atoms with E-state index < -0.39 is 12.1 Å². The van der Waals surface area contributed by atoms with E-state index in [4.69, 9.17) is 4.74 Å². The van der Waals surface area contributed by atoms with Gasteiger partial charge in [-0.25, -0.2) is 4.79 Å². The van der Waals surface area contributed by atoms with Crippen molar-refractivity contribution < 1.29 is 19.4 Å². The lowest BCUT2D eigenvalue weighted by Crippen LogP contribution is -2.32. The molecule has 2 rings (SSSR count). The van der Waals surface area contributed by atoms with E-state index in [0.29, 0.717) is 17.7 Å². The predicted molar refractivity (Wildman–Crippen MR) is 87.4 cm³/mol. The number of nitrogens with one attached hydrogen (secondary N) is 1. The number of esters is 1. The first kappa shape index (κ1) is 16.5. The normalized spacial score (nSPS) is 11.6. The van der Waals surface area contributed by atoms with Crippen LogP contribution in [0.5, 0.6) is 5.75 Å². The molecule has 1 amide bonds. The Morgan fingerprint density at radius 1 is 1.17 bits per heavy atom. The third kappa shape index (κ3) is 4.32. The second-order valence-corrected chi connectivity index (χ2v) is 5.16. The number of aromatic hydroxyl groups is 1. The van der Waals surface area contributed by atoms with Crippen molar-refractivity contribution in [1.82, 2.24) is 0 Å². The van der Waals surface area contributed by atoms with E-state index in [-0.39, 0.29) is 17.2 Å². The van der Waals surface area contributed by atoms with Gasteiger partial charge in [-0.05, 0) is 43.2 Å². The summed E-state index contributed by atoms with van der Waals surface area (Å²) in [4.78, 5) is 24.3. The summed E-state index contributed by atoms with van der Waals surface area (Å²) in [5, 5.41) is 12.4. The molecule has 0 fully saturated rings. The van der Waals surface area contributed by atoms with Gasteiger partial charge in [0.1, 0.15) is 5.75 Å². The van der Waals surface area contributed by atoms with Gasteiger partial charge in [-0.1, -0.05) is 31.2 Å². The van der Waals surface area contributed by atoms with Crippen LogP contribution in [0.2, 0.25) is 0 Å².